The van der Waals surface area contributed by atoms with E-state index in [1.54, 1.807) is 17.1 Å². The van der Waals surface area contributed by atoms with Crippen LogP contribution in [0.3, 0.4) is 0 Å². The number of carbonyl (C=O) groups excluding carboxylic acids is 1. The van der Waals surface area contributed by atoms with Crippen LogP contribution in [0.25, 0.3) is 0 Å². The zero-order valence-corrected chi connectivity index (χ0v) is 11.5. The highest BCUT2D eigenvalue weighted by molar-refractivity contribution is 5.76. The normalized spacial score (nSPS) is 25.9. The lowest BCUT2D eigenvalue weighted by Gasteiger charge is -2.29. The van der Waals surface area contributed by atoms with Crippen LogP contribution in [0.15, 0.2) is 12.2 Å². The summed E-state index contributed by atoms with van der Waals surface area (Å²) in [5.41, 5.74) is 0. The summed E-state index contributed by atoms with van der Waals surface area (Å²) in [7, 11) is 0. The molecule has 2 amide bonds. The summed E-state index contributed by atoms with van der Waals surface area (Å²) in [5, 5.41) is 20.9. The Morgan fingerprint density at radius 1 is 1.25 bits per heavy atom. The summed E-state index contributed by atoms with van der Waals surface area (Å²) in [6.07, 6.45) is 7.95. The highest BCUT2D eigenvalue weighted by Crippen LogP contribution is 2.24. The molecular formula is C14H22N2O4. The van der Waals surface area contributed by atoms with Gasteiger partial charge in [0.1, 0.15) is 0 Å². The van der Waals surface area contributed by atoms with E-state index in [0.717, 1.165) is 25.7 Å². The van der Waals surface area contributed by atoms with Gasteiger partial charge in [-0.2, -0.15) is 0 Å². The molecule has 3 N–H and O–H groups in total. The molecule has 20 heavy (non-hydrogen) atoms. The Morgan fingerprint density at radius 3 is 2.50 bits per heavy atom. The maximum absolute atomic E-state index is 12.3. The molecular weight excluding hydrogens is 260 g/mol. The number of hydrogen-bond acceptors (Lipinski definition) is 3. The monoisotopic (exact) mass is 282 g/mol. The number of aliphatic carboxylic acids is 1. The van der Waals surface area contributed by atoms with Crippen LogP contribution in [-0.4, -0.2) is 52.3 Å². The van der Waals surface area contributed by atoms with Gasteiger partial charge in [-0.15, -0.1) is 0 Å². The standard InChI is InChI=1S/C14H22N2O4/c17-8-7-16(12-3-1-2-4-12)14(20)15-11-6-5-10(9-11)13(18)19/h5-6,10-12,17H,1-4,7-9H2,(H,15,20)(H,18,19). The molecule has 6 nitrogen and oxygen atoms in total. The summed E-state index contributed by atoms with van der Waals surface area (Å²) in [4.78, 5) is 24.8. The van der Waals surface area contributed by atoms with Crippen LogP contribution in [0, 0.1) is 5.92 Å². The molecule has 2 aliphatic rings. The maximum atomic E-state index is 12.3. The van der Waals surface area contributed by atoms with Gasteiger partial charge in [0.15, 0.2) is 0 Å². The smallest absolute Gasteiger partial charge is 0.318 e. The summed E-state index contributed by atoms with van der Waals surface area (Å²) >= 11 is 0. The molecule has 0 aromatic rings. The summed E-state index contributed by atoms with van der Waals surface area (Å²) in [6.45, 7) is 0.275. The zero-order valence-electron chi connectivity index (χ0n) is 11.5. The van der Waals surface area contributed by atoms with Gasteiger partial charge in [-0.1, -0.05) is 25.0 Å². The SMILES string of the molecule is O=C(O)C1C=CC(NC(=O)N(CCO)C2CCCC2)C1. The van der Waals surface area contributed by atoms with E-state index in [-0.39, 0.29) is 24.7 Å². The fraction of sp³-hybridized carbons (Fsp3) is 0.714. The quantitative estimate of drug-likeness (QED) is 0.655. The molecule has 0 radical (unpaired) electrons. The molecule has 2 aliphatic carbocycles. The average molecular weight is 282 g/mol. The maximum Gasteiger partial charge on any atom is 0.318 e. The Hall–Kier alpha value is -1.56. The van der Waals surface area contributed by atoms with Crippen LogP contribution in [0.5, 0.6) is 0 Å². The molecule has 2 atom stereocenters. The Labute approximate surface area is 118 Å². The molecule has 2 rings (SSSR count). The van der Waals surface area contributed by atoms with Crippen molar-refractivity contribution in [2.45, 2.75) is 44.2 Å². The van der Waals surface area contributed by atoms with Crippen molar-refractivity contribution in [1.82, 2.24) is 10.2 Å². The first-order valence-corrected chi connectivity index (χ1v) is 7.21. The minimum atomic E-state index is -0.860. The second kappa shape index (κ2) is 6.74. The van der Waals surface area contributed by atoms with E-state index < -0.39 is 11.9 Å². The highest BCUT2D eigenvalue weighted by Gasteiger charge is 2.30. The van der Waals surface area contributed by atoms with Gasteiger partial charge in [-0.3, -0.25) is 4.79 Å². The van der Waals surface area contributed by atoms with Crippen molar-refractivity contribution in [3.05, 3.63) is 12.2 Å². The Bertz CT molecular complexity index is 391. The summed E-state index contributed by atoms with van der Waals surface area (Å²) < 4.78 is 0. The van der Waals surface area contributed by atoms with Gasteiger partial charge >= 0.3 is 12.0 Å². The number of nitrogens with one attached hydrogen (secondary N) is 1. The molecule has 0 spiro atoms. The van der Waals surface area contributed by atoms with Crippen LogP contribution in [-0.2, 0) is 4.79 Å². The molecule has 0 saturated heterocycles. The van der Waals surface area contributed by atoms with E-state index >= 15 is 0 Å². The van der Waals surface area contributed by atoms with Crippen LogP contribution in [0.2, 0.25) is 0 Å². The van der Waals surface area contributed by atoms with E-state index in [2.05, 4.69) is 5.32 Å². The third-order valence-electron chi connectivity index (χ3n) is 4.08. The first kappa shape index (κ1) is 14.8. The number of urea groups is 1. The lowest BCUT2D eigenvalue weighted by atomic mass is 10.1. The van der Waals surface area contributed by atoms with Crippen molar-refractivity contribution >= 4 is 12.0 Å². The number of carbonyl (C=O) groups is 2. The van der Waals surface area contributed by atoms with Crippen molar-refractivity contribution in [2.75, 3.05) is 13.2 Å². The molecule has 0 aromatic heterocycles. The first-order chi connectivity index (χ1) is 9.61. The minimum Gasteiger partial charge on any atom is -0.481 e. The number of aliphatic hydroxyl groups excluding tert-OH is 1. The molecule has 0 aliphatic heterocycles. The lowest BCUT2D eigenvalue weighted by Crippen LogP contribution is -2.49. The van der Waals surface area contributed by atoms with Crippen LogP contribution < -0.4 is 5.32 Å². The Morgan fingerprint density at radius 2 is 1.95 bits per heavy atom. The number of amides is 2. The molecule has 2 unspecified atom stereocenters. The molecule has 1 saturated carbocycles. The Kier molecular flexibility index (Phi) is 5.00. The van der Waals surface area contributed by atoms with Crippen molar-refractivity contribution in [1.29, 1.82) is 0 Å². The molecule has 112 valence electrons. The average Bonchev–Trinajstić information content (AvgIpc) is 3.06. The molecule has 0 bridgehead atoms. The number of hydrogen-bond donors (Lipinski definition) is 3. The largest absolute Gasteiger partial charge is 0.481 e. The van der Waals surface area contributed by atoms with Gasteiger partial charge in [-0.25, -0.2) is 4.79 Å². The predicted molar refractivity (Wildman–Crippen MR) is 73.3 cm³/mol. The van der Waals surface area contributed by atoms with Crippen molar-refractivity contribution in [3.63, 3.8) is 0 Å². The van der Waals surface area contributed by atoms with Crippen LogP contribution in [0.1, 0.15) is 32.1 Å². The summed E-state index contributed by atoms with van der Waals surface area (Å²) in [5.74, 6) is -1.38. The second-order valence-corrected chi connectivity index (χ2v) is 5.48. The predicted octanol–water partition coefficient (Wildman–Crippen LogP) is 0.962. The number of carboxylic acid groups (broad SMARTS) is 1. The number of carboxylic acids is 1. The van der Waals surface area contributed by atoms with E-state index in [0.29, 0.717) is 13.0 Å². The third kappa shape index (κ3) is 3.50. The van der Waals surface area contributed by atoms with E-state index in [9.17, 15) is 9.59 Å². The minimum absolute atomic E-state index is 0.0534. The summed E-state index contributed by atoms with van der Waals surface area (Å²) in [6, 6.07) is -0.236. The van der Waals surface area contributed by atoms with E-state index in [1.165, 1.54) is 0 Å². The third-order valence-corrected chi connectivity index (χ3v) is 4.08. The number of nitrogens with zero attached hydrogens (tertiary/aromatic N) is 1. The van der Waals surface area contributed by atoms with Crippen molar-refractivity contribution in [3.8, 4) is 0 Å². The number of rotatable bonds is 5. The topological polar surface area (TPSA) is 89.9 Å². The highest BCUT2D eigenvalue weighted by atomic mass is 16.4. The second-order valence-electron chi connectivity index (χ2n) is 5.48. The van der Waals surface area contributed by atoms with Gasteiger partial charge in [0, 0.05) is 12.6 Å². The van der Waals surface area contributed by atoms with Crippen molar-refractivity contribution < 1.29 is 19.8 Å². The lowest BCUT2D eigenvalue weighted by molar-refractivity contribution is -0.140. The van der Waals surface area contributed by atoms with Gasteiger partial charge in [0.05, 0.1) is 18.6 Å². The van der Waals surface area contributed by atoms with Crippen LogP contribution in [0.4, 0.5) is 4.79 Å². The fourth-order valence-electron chi connectivity index (χ4n) is 3.00. The fourth-order valence-corrected chi connectivity index (χ4v) is 3.00. The van der Waals surface area contributed by atoms with Gasteiger partial charge in [0.2, 0.25) is 0 Å². The zero-order chi connectivity index (χ0) is 14.5. The molecule has 0 aromatic carbocycles. The van der Waals surface area contributed by atoms with Gasteiger partial charge in [-0.05, 0) is 19.3 Å². The first-order valence-electron chi connectivity index (χ1n) is 7.21. The van der Waals surface area contributed by atoms with Gasteiger partial charge < -0.3 is 20.4 Å². The number of aliphatic hydroxyl groups is 1. The van der Waals surface area contributed by atoms with Crippen LogP contribution >= 0.6 is 0 Å². The van der Waals surface area contributed by atoms with Gasteiger partial charge in [0.25, 0.3) is 0 Å². The molecule has 6 heteroatoms. The Balaban J connectivity index is 1.89. The molecule has 0 heterocycles. The van der Waals surface area contributed by atoms with E-state index in [1.807, 2.05) is 0 Å². The molecule has 1 fully saturated rings. The van der Waals surface area contributed by atoms with E-state index in [4.69, 9.17) is 10.2 Å². The van der Waals surface area contributed by atoms with Crippen molar-refractivity contribution in [2.24, 2.45) is 5.92 Å².